The second kappa shape index (κ2) is 8.24. The molecule has 0 aromatic carbocycles. The first-order valence-corrected chi connectivity index (χ1v) is 10.1. The largest absolute Gasteiger partial charge is 0.492 e. The van der Waals surface area contributed by atoms with Gasteiger partial charge in [0.05, 0.1) is 24.6 Å². The van der Waals surface area contributed by atoms with Crippen molar-refractivity contribution in [2.75, 3.05) is 6.61 Å². The van der Waals surface area contributed by atoms with Gasteiger partial charge in [0.25, 0.3) is 0 Å². The normalized spacial score (nSPS) is 26.2. The van der Waals surface area contributed by atoms with E-state index in [0.29, 0.717) is 31.6 Å². The van der Waals surface area contributed by atoms with E-state index in [1.807, 2.05) is 18.2 Å². The number of hydrogen-bond donors (Lipinski definition) is 1. The standard InChI is InChI=1S/C22H23F3N2O3/c23-22(24,25)16-3-1-13(2-4-16)12-30-17-7-15(10-26-11-17)14-5-6-27-20(8-14)18-9-19(18)21(28)29/h5-8,10-11,13,16,18-19H,1-4,9,12H2,(H,28,29). The summed E-state index contributed by atoms with van der Waals surface area (Å²) in [6, 6.07) is 5.56. The lowest BCUT2D eigenvalue weighted by molar-refractivity contribution is -0.184. The number of pyridine rings is 2. The number of ether oxygens (including phenoxy) is 1. The highest BCUT2D eigenvalue weighted by Gasteiger charge is 2.45. The van der Waals surface area contributed by atoms with Crippen LogP contribution in [0.15, 0.2) is 36.8 Å². The zero-order valence-electron chi connectivity index (χ0n) is 16.3. The van der Waals surface area contributed by atoms with Crippen molar-refractivity contribution in [2.45, 2.75) is 44.2 Å². The van der Waals surface area contributed by atoms with Crippen LogP contribution in [0.5, 0.6) is 5.75 Å². The molecule has 0 amide bonds. The summed E-state index contributed by atoms with van der Waals surface area (Å²) >= 11 is 0. The Balaban J connectivity index is 1.36. The molecule has 2 fully saturated rings. The predicted octanol–water partition coefficient (Wildman–Crippen LogP) is 5.08. The number of nitrogens with zero attached hydrogens (tertiary/aromatic N) is 2. The fourth-order valence-electron chi connectivity index (χ4n) is 4.15. The molecule has 1 N–H and O–H groups in total. The summed E-state index contributed by atoms with van der Waals surface area (Å²) in [7, 11) is 0. The molecule has 5 nitrogen and oxygen atoms in total. The number of carboxylic acids is 1. The van der Waals surface area contributed by atoms with Crippen molar-refractivity contribution in [1.82, 2.24) is 9.97 Å². The van der Waals surface area contributed by atoms with Crippen molar-refractivity contribution in [2.24, 2.45) is 17.8 Å². The summed E-state index contributed by atoms with van der Waals surface area (Å²) in [6.07, 6.45) is 2.80. The monoisotopic (exact) mass is 420 g/mol. The van der Waals surface area contributed by atoms with Crippen LogP contribution in [0.1, 0.15) is 43.7 Å². The first kappa shape index (κ1) is 20.6. The Morgan fingerprint density at radius 2 is 1.90 bits per heavy atom. The van der Waals surface area contributed by atoms with Crippen LogP contribution < -0.4 is 4.74 Å². The van der Waals surface area contributed by atoms with Crippen LogP contribution in [0.4, 0.5) is 13.2 Å². The average Bonchev–Trinajstić information content (AvgIpc) is 3.54. The molecule has 2 heterocycles. The Bertz CT molecular complexity index is 910. The molecule has 160 valence electrons. The fraction of sp³-hybridized carbons (Fsp3) is 0.500. The van der Waals surface area contributed by atoms with Crippen LogP contribution in [0, 0.1) is 17.8 Å². The Labute approximate surface area is 172 Å². The maximum atomic E-state index is 12.8. The maximum absolute atomic E-state index is 12.8. The molecule has 0 radical (unpaired) electrons. The van der Waals surface area contributed by atoms with Crippen LogP contribution in [0.25, 0.3) is 11.1 Å². The summed E-state index contributed by atoms with van der Waals surface area (Å²) in [5.41, 5.74) is 2.46. The lowest BCUT2D eigenvalue weighted by Gasteiger charge is -2.29. The van der Waals surface area contributed by atoms with Crippen molar-refractivity contribution >= 4 is 5.97 Å². The van der Waals surface area contributed by atoms with E-state index in [1.54, 1.807) is 18.6 Å². The van der Waals surface area contributed by atoms with Crippen LogP contribution in [-0.4, -0.2) is 33.8 Å². The van der Waals surface area contributed by atoms with Gasteiger partial charge < -0.3 is 9.84 Å². The van der Waals surface area contributed by atoms with Crippen molar-refractivity contribution in [3.63, 3.8) is 0 Å². The molecule has 2 aromatic heterocycles. The quantitative estimate of drug-likeness (QED) is 0.706. The van der Waals surface area contributed by atoms with Gasteiger partial charge in [-0.25, -0.2) is 0 Å². The van der Waals surface area contributed by atoms with Gasteiger partial charge in [-0.05, 0) is 61.8 Å². The molecule has 2 aliphatic carbocycles. The first-order chi connectivity index (χ1) is 14.3. The van der Waals surface area contributed by atoms with Gasteiger partial charge in [-0.15, -0.1) is 0 Å². The first-order valence-electron chi connectivity index (χ1n) is 10.1. The Kier molecular flexibility index (Phi) is 5.66. The van der Waals surface area contributed by atoms with E-state index in [0.717, 1.165) is 16.8 Å². The van der Waals surface area contributed by atoms with Gasteiger partial charge in [-0.1, -0.05) is 0 Å². The summed E-state index contributed by atoms with van der Waals surface area (Å²) < 4.78 is 44.2. The molecule has 2 aromatic rings. The van der Waals surface area contributed by atoms with Gasteiger partial charge >= 0.3 is 12.1 Å². The van der Waals surface area contributed by atoms with E-state index in [2.05, 4.69) is 9.97 Å². The topological polar surface area (TPSA) is 72.3 Å². The molecule has 30 heavy (non-hydrogen) atoms. The smallest absolute Gasteiger partial charge is 0.391 e. The van der Waals surface area contributed by atoms with Gasteiger partial charge in [0.1, 0.15) is 5.75 Å². The molecule has 0 spiro atoms. The Morgan fingerprint density at radius 3 is 2.57 bits per heavy atom. The van der Waals surface area contributed by atoms with E-state index in [1.165, 1.54) is 0 Å². The van der Waals surface area contributed by atoms with Crippen molar-refractivity contribution < 1.29 is 27.8 Å². The number of halogens is 3. The minimum Gasteiger partial charge on any atom is -0.492 e. The number of rotatable bonds is 6. The van der Waals surface area contributed by atoms with Gasteiger partial charge in [0.2, 0.25) is 0 Å². The van der Waals surface area contributed by atoms with Crippen molar-refractivity contribution in [1.29, 1.82) is 0 Å². The van der Waals surface area contributed by atoms with Crippen molar-refractivity contribution in [3.8, 4) is 16.9 Å². The molecule has 2 saturated carbocycles. The molecule has 0 saturated heterocycles. The molecule has 2 atom stereocenters. The average molecular weight is 420 g/mol. The third kappa shape index (κ3) is 4.74. The van der Waals surface area contributed by atoms with E-state index in [4.69, 9.17) is 9.84 Å². The molecule has 0 bridgehead atoms. The van der Waals surface area contributed by atoms with Crippen LogP contribution >= 0.6 is 0 Å². The van der Waals surface area contributed by atoms with E-state index >= 15 is 0 Å². The van der Waals surface area contributed by atoms with Gasteiger partial charge in [0.15, 0.2) is 0 Å². The van der Waals surface area contributed by atoms with Gasteiger partial charge in [-0.3, -0.25) is 14.8 Å². The summed E-state index contributed by atoms with van der Waals surface area (Å²) in [5.74, 6) is -1.73. The Hall–Kier alpha value is -2.64. The zero-order chi connectivity index (χ0) is 21.3. The minimum absolute atomic E-state index is 0.0540. The highest BCUT2D eigenvalue weighted by atomic mass is 19.4. The molecule has 2 unspecified atom stereocenters. The summed E-state index contributed by atoms with van der Waals surface area (Å²) in [4.78, 5) is 19.6. The number of carbonyl (C=O) groups is 1. The van der Waals surface area contributed by atoms with E-state index in [-0.39, 0.29) is 30.6 Å². The molecular weight excluding hydrogens is 397 g/mol. The van der Waals surface area contributed by atoms with Crippen molar-refractivity contribution in [3.05, 3.63) is 42.5 Å². The SMILES string of the molecule is O=C(O)C1CC1c1cc(-c2cncc(OCC3CCC(C(F)(F)F)CC3)c2)ccn1. The number of carboxylic acid groups (broad SMARTS) is 1. The molecule has 8 heteroatoms. The lowest BCUT2D eigenvalue weighted by atomic mass is 9.82. The van der Waals surface area contributed by atoms with Crippen LogP contribution in [0.3, 0.4) is 0 Å². The second-order valence-corrected chi connectivity index (χ2v) is 8.24. The van der Waals surface area contributed by atoms with Crippen LogP contribution in [-0.2, 0) is 4.79 Å². The second-order valence-electron chi connectivity index (χ2n) is 8.24. The summed E-state index contributed by atoms with van der Waals surface area (Å²) in [6.45, 7) is 0.375. The third-order valence-electron chi connectivity index (χ3n) is 6.11. The fourth-order valence-corrected chi connectivity index (χ4v) is 4.15. The molecule has 2 aliphatic rings. The highest BCUT2D eigenvalue weighted by molar-refractivity contribution is 5.75. The maximum Gasteiger partial charge on any atom is 0.391 e. The van der Waals surface area contributed by atoms with Gasteiger partial charge in [-0.2, -0.15) is 13.2 Å². The predicted molar refractivity (Wildman–Crippen MR) is 103 cm³/mol. The van der Waals surface area contributed by atoms with E-state index < -0.39 is 18.1 Å². The minimum atomic E-state index is -4.10. The number of aliphatic carboxylic acids is 1. The number of alkyl halides is 3. The third-order valence-corrected chi connectivity index (χ3v) is 6.11. The lowest BCUT2D eigenvalue weighted by Crippen LogP contribution is -2.29. The van der Waals surface area contributed by atoms with Gasteiger partial charge in [0, 0.05) is 29.6 Å². The summed E-state index contributed by atoms with van der Waals surface area (Å²) in [5, 5.41) is 9.12. The number of hydrogen-bond acceptors (Lipinski definition) is 4. The number of aromatic nitrogens is 2. The molecule has 0 aliphatic heterocycles. The zero-order valence-corrected chi connectivity index (χ0v) is 16.3. The van der Waals surface area contributed by atoms with E-state index in [9.17, 15) is 18.0 Å². The molecular formula is C22H23F3N2O3. The van der Waals surface area contributed by atoms with Crippen LogP contribution in [0.2, 0.25) is 0 Å². The Morgan fingerprint density at radius 1 is 1.13 bits per heavy atom. The molecule has 4 rings (SSSR count). The highest BCUT2D eigenvalue weighted by Crippen LogP contribution is 2.47.